The smallest absolute Gasteiger partial charge is 0.237 e. The van der Waals surface area contributed by atoms with Gasteiger partial charge in [-0.2, -0.15) is 5.26 Å². The highest BCUT2D eigenvalue weighted by Gasteiger charge is 2.15. The van der Waals surface area contributed by atoms with Gasteiger partial charge in [0.15, 0.2) is 0 Å². The second kappa shape index (κ2) is 6.89. The van der Waals surface area contributed by atoms with Crippen molar-refractivity contribution in [3.8, 4) is 6.07 Å². The Kier molecular flexibility index (Phi) is 6.12. The summed E-state index contributed by atoms with van der Waals surface area (Å²) in [7, 11) is 0. The van der Waals surface area contributed by atoms with Gasteiger partial charge in [-0.1, -0.05) is 13.3 Å². The van der Waals surface area contributed by atoms with Gasteiger partial charge in [0.25, 0.3) is 0 Å². The molecule has 0 fully saturated rings. The van der Waals surface area contributed by atoms with Gasteiger partial charge in [0.05, 0.1) is 6.07 Å². The van der Waals surface area contributed by atoms with Crippen molar-refractivity contribution < 1.29 is 9.59 Å². The second-order valence-electron chi connectivity index (χ2n) is 2.98. The number of amides is 2. The van der Waals surface area contributed by atoms with E-state index >= 15 is 0 Å². The van der Waals surface area contributed by atoms with Gasteiger partial charge >= 0.3 is 0 Å². The highest BCUT2D eigenvalue weighted by molar-refractivity contribution is 5.81. The lowest BCUT2D eigenvalue weighted by molar-refractivity contribution is -0.123. The van der Waals surface area contributed by atoms with Crippen LogP contribution in [0.2, 0.25) is 0 Å². The van der Waals surface area contributed by atoms with E-state index in [1.165, 1.54) is 0 Å². The zero-order chi connectivity index (χ0) is 11.0. The minimum Gasteiger partial charge on any atom is -0.370 e. The first-order chi connectivity index (χ1) is 6.61. The first kappa shape index (κ1) is 12.4. The maximum Gasteiger partial charge on any atom is 0.237 e. The fraction of sp³-hybridized carbons (Fsp3) is 0.667. The number of carbonyl (C=O) groups is 2. The molecule has 0 aliphatic heterocycles. The van der Waals surface area contributed by atoms with Crippen LogP contribution >= 0.6 is 0 Å². The summed E-state index contributed by atoms with van der Waals surface area (Å²) in [6.07, 6.45) is 1.43. The molecule has 0 aliphatic carbocycles. The van der Waals surface area contributed by atoms with E-state index in [9.17, 15) is 9.59 Å². The van der Waals surface area contributed by atoms with Crippen LogP contribution in [0.5, 0.6) is 0 Å². The topological polar surface area (TPSA) is 96.0 Å². The zero-order valence-corrected chi connectivity index (χ0v) is 8.25. The lowest BCUT2D eigenvalue weighted by Gasteiger charge is -2.07. The lowest BCUT2D eigenvalue weighted by Crippen LogP contribution is -2.32. The number of nitrogens with one attached hydrogen (secondary N) is 1. The molecule has 0 heterocycles. The molecule has 1 atom stereocenters. The average Bonchev–Trinajstić information content (AvgIpc) is 2.13. The Hall–Kier alpha value is -1.57. The van der Waals surface area contributed by atoms with E-state index in [2.05, 4.69) is 5.32 Å². The van der Waals surface area contributed by atoms with Crippen LogP contribution in [0.1, 0.15) is 26.2 Å². The number of carbonyl (C=O) groups excluding carboxylic acids is 2. The molecule has 0 spiro atoms. The third-order valence-electron chi connectivity index (χ3n) is 1.72. The van der Waals surface area contributed by atoms with Crippen molar-refractivity contribution in [3.05, 3.63) is 0 Å². The summed E-state index contributed by atoms with van der Waals surface area (Å²) in [6, 6.07) is 1.91. The molecule has 0 aromatic carbocycles. The van der Waals surface area contributed by atoms with Crippen molar-refractivity contribution in [1.29, 1.82) is 5.26 Å². The fourth-order valence-corrected chi connectivity index (χ4v) is 0.975. The SMILES string of the molecule is CCCC(C#N)C(=O)NCCC(N)=O. The molecule has 78 valence electrons. The van der Waals surface area contributed by atoms with Crippen LogP contribution in [-0.2, 0) is 9.59 Å². The van der Waals surface area contributed by atoms with E-state index in [4.69, 9.17) is 11.0 Å². The van der Waals surface area contributed by atoms with Gasteiger partial charge in [-0.05, 0) is 6.42 Å². The Bertz CT molecular complexity index is 245. The summed E-state index contributed by atoms with van der Waals surface area (Å²) in [5.74, 6) is -1.40. The van der Waals surface area contributed by atoms with Gasteiger partial charge < -0.3 is 11.1 Å². The number of hydrogen-bond acceptors (Lipinski definition) is 3. The molecule has 0 aliphatic rings. The van der Waals surface area contributed by atoms with Gasteiger partial charge in [0.1, 0.15) is 5.92 Å². The molecule has 0 aromatic heterocycles. The minimum absolute atomic E-state index is 0.107. The minimum atomic E-state index is -0.618. The molecule has 1 unspecified atom stereocenters. The summed E-state index contributed by atoms with van der Waals surface area (Å²) in [5, 5.41) is 11.1. The van der Waals surface area contributed by atoms with Crippen LogP contribution in [-0.4, -0.2) is 18.4 Å². The molecule has 3 N–H and O–H groups in total. The van der Waals surface area contributed by atoms with Crippen LogP contribution < -0.4 is 11.1 Å². The number of hydrogen-bond donors (Lipinski definition) is 2. The Morgan fingerprint density at radius 3 is 2.64 bits per heavy atom. The lowest BCUT2D eigenvalue weighted by atomic mass is 10.1. The molecule has 0 rings (SSSR count). The third-order valence-corrected chi connectivity index (χ3v) is 1.72. The molecule has 14 heavy (non-hydrogen) atoms. The summed E-state index contributed by atoms with van der Waals surface area (Å²) < 4.78 is 0. The normalized spacial score (nSPS) is 11.4. The summed E-state index contributed by atoms with van der Waals surface area (Å²) >= 11 is 0. The standard InChI is InChI=1S/C9H15N3O2/c1-2-3-7(6-10)9(14)12-5-4-8(11)13/h7H,2-5H2,1H3,(H2,11,13)(H,12,14). The van der Waals surface area contributed by atoms with Crippen molar-refractivity contribution in [2.45, 2.75) is 26.2 Å². The van der Waals surface area contributed by atoms with E-state index in [0.717, 1.165) is 6.42 Å². The van der Waals surface area contributed by atoms with E-state index in [1.807, 2.05) is 13.0 Å². The van der Waals surface area contributed by atoms with Crippen LogP contribution in [0.15, 0.2) is 0 Å². The Morgan fingerprint density at radius 1 is 1.57 bits per heavy atom. The van der Waals surface area contributed by atoms with Crippen LogP contribution in [0.25, 0.3) is 0 Å². The van der Waals surface area contributed by atoms with E-state index < -0.39 is 11.8 Å². The number of nitriles is 1. The first-order valence-corrected chi connectivity index (χ1v) is 4.57. The van der Waals surface area contributed by atoms with E-state index in [-0.39, 0.29) is 18.9 Å². The predicted molar refractivity (Wildman–Crippen MR) is 50.8 cm³/mol. The second-order valence-corrected chi connectivity index (χ2v) is 2.98. The molecule has 0 radical (unpaired) electrons. The summed E-state index contributed by atoms with van der Waals surface area (Å²) in [4.78, 5) is 21.6. The Balaban J connectivity index is 3.82. The van der Waals surface area contributed by atoms with E-state index in [0.29, 0.717) is 6.42 Å². The van der Waals surface area contributed by atoms with Crippen molar-refractivity contribution in [3.63, 3.8) is 0 Å². The maximum absolute atomic E-state index is 11.3. The van der Waals surface area contributed by atoms with Crippen LogP contribution in [0.4, 0.5) is 0 Å². The number of primary amides is 1. The molecule has 2 amide bonds. The molecular weight excluding hydrogens is 182 g/mol. The van der Waals surface area contributed by atoms with Crippen molar-refractivity contribution >= 4 is 11.8 Å². The zero-order valence-electron chi connectivity index (χ0n) is 8.25. The van der Waals surface area contributed by atoms with E-state index in [1.54, 1.807) is 0 Å². The molecule has 0 saturated heterocycles. The monoisotopic (exact) mass is 197 g/mol. The Morgan fingerprint density at radius 2 is 2.21 bits per heavy atom. The summed E-state index contributed by atoms with van der Waals surface area (Å²) in [6.45, 7) is 2.11. The highest BCUT2D eigenvalue weighted by Crippen LogP contribution is 2.04. The molecular formula is C9H15N3O2. The average molecular weight is 197 g/mol. The number of nitrogens with two attached hydrogens (primary N) is 1. The first-order valence-electron chi connectivity index (χ1n) is 4.57. The molecule has 0 aromatic rings. The highest BCUT2D eigenvalue weighted by atomic mass is 16.2. The van der Waals surface area contributed by atoms with Gasteiger partial charge in [-0.3, -0.25) is 9.59 Å². The Labute approximate surface area is 83.3 Å². The number of nitrogens with zero attached hydrogens (tertiary/aromatic N) is 1. The molecule has 5 heteroatoms. The molecule has 5 nitrogen and oxygen atoms in total. The van der Waals surface area contributed by atoms with Crippen molar-refractivity contribution in [2.75, 3.05) is 6.54 Å². The maximum atomic E-state index is 11.3. The van der Waals surface area contributed by atoms with Gasteiger partial charge in [-0.25, -0.2) is 0 Å². The largest absolute Gasteiger partial charge is 0.370 e. The fourth-order valence-electron chi connectivity index (χ4n) is 0.975. The summed E-state index contributed by atoms with van der Waals surface area (Å²) in [5.41, 5.74) is 4.89. The van der Waals surface area contributed by atoms with Crippen LogP contribution in [0, 0.1) is 17.2 Å². The van der Waals surface area contributed by atoms with Gasteiger partial charge in [0, 0.05) is 13.0 Å². The quantitative estimate of drug-likeness (QED) is 0.623. The molecule has 0 saturated carbocycles. The molecule has 0 bridgehead atoms. The third kappa shape index (κ3) is 5.14. The number of rotatable bonds is 6. The predicted octanol–water partition coefficient (Wildman–Crippen LogP) is -0.0821. The van der Waals surface area contributed by atoms with Crippen LogP contribution in [0.3, 0.4) is 0 Å². The van der Waals surface area contributed by atoms with Gasteiger partial charge in [-0.15, -0.1) is 0 Å². The van der Waals surface area contributed by atoms with Crippen molar-refractivity contribution in [1.82, 2.24) is 5.32 Å². The van der Waals surface area contributed by atoms with Crippen molar-refractivity contribution in [2.24, 2.45) is 11.7 Å². The van der Waals surface area contributed by atoms with Gasteiger partial charge in [0.2, 0.25) is 11.8 Å².